The molecule has 0 atom stereocenters. The molecule has 2 heteroatoms. The summed E-state index contributed by atoms with van der Waals surface area (Å²) in [6.07, 6.45) is 14.6. The molecule has 1 fully saturated rings. The lowest BCUT2D eigenvalue weighted by Gasteiger charge is -2.02. The van der Waals surface area contributed by atoms with Gasteiger partial charge in [0.25, 0.3) is 0 Å². The van der Waals surface area contributed by atoms with Gasteiger partial charge in [-0.25, -0.2) is 0 Å². The number of anilines is 1. The standard InChI is InChI=1S/C14H23N.C6H12O/c1-2-3-4-5-6-7-8-13-9-11-14(15)12-10-13;7-5-6-3-1-2-4-6/h9-12H,2-8,15H2,1H3;6-7H,1-5H2. The summed E-state index contributed by atoms with van der Waals surface area (Å²) in [5, 5.41) is 8.57. The normalized spacial score (nSPS) is 14.6. The number of benzene rings is 1. The van der Waals surface area contributed by atoms with E-state index in [0.717, 1.165) is 5.69 Å². The van der Waals surface area contributed by atoms with Crippen LogP contribution in [0.5, 0.6) is 0 Å². The van der Waals surface area contributed by atoms with Crippen LogP contribution >= 0.6 is 0 Å². The molecular weight excluding hydrogens is 270 g/mol. The summed E-state index contributed by atoms with van der Waals surface area (Å²) >= 11 is 0. The molecule has 1 aromatic rings. The molecule has 1 aliphatic carbocycles. The van der Waals surface area contributed by atoms with Crippen molar-refractivity contribution < 1.29 is 5.11 Å². The van der Waals surface area contributed by atoms with Crippen LogP contribution in [0.3, 0.4) is 0 Å². The highest BCUT2D eigenvalue weighted by atomic mass is 16.3. The molecule has 0 saturated heterocycles. The average Bonchev–Trinajstić information content (AvgIpc) is 3.07. The Hall–Kier alpha value is -1.02. The highest BCUT2D eigenvalue weighted by Crippen LogP contribution is 2.23. The maximum absolute atomic E-state index is 8.57. The molecule has 2 rings (SSSR count). The van der Waals surface area contributed by atoms with Gasteiger partial charge < -0.3 is 10.8 Å². The number of unbranched alkanes of at least 4 members (excludes halogenated alkanes) is 5. The maximum Gasteiger partial charge on any atom is 0.0459 e. The molecule has 126 valence electrons. The van der Waals surface area contributed by atoms with Gasteiger partial charge in [0.15, 0.2) is 0 Å². The van der Waals surface area contributed by atoms with Gasteiger partial charge in [0, 0.05) is 12.3 Å². The third kappa shape index (κ3) is 9.09. The van der Waals surface area contributed by atoms with E-state index in [1.807, 2.05) is 12.1 Å². The first kappa shape index (κ1) is 19.0. The minimum absolute atomic E-state index is 0.417. The van der Waals surface area contributed by atoms with E-state index >= 15 is 0 Å². The predicted molar refractivity (Wildman–Crippen MR) is 97.0 cm³/mol. The molecule has 0 aliphatic heterocycles. The van der Waals surface area contributed by atoms with Gasteiger partial charge in [0.1, 0.15) is 0 Å². The number of aryl methyl sites for hydroxylation is 1. The zero-order valence-corrected chi connectivity index (χ0v) is 14.4. The van der Waals surface area contributed by atoms with E-state index in [9.17, 15) is 0 Å². The van der Waals surface area contributed by atoms with Crippen molar-refractivity contribution in [3.8, 4) is 0 Å². The SMILES string of the molecule is CCCCCCCCc1ccc(N)cc1.OCC1CCCC1. The van der Waals surface area contributed by atoms with Crippen LogP contribution in [0.25, 0.3) is 0 Å². The fraction of sp³-hybridized carbons (Fsp3) is 0.700. The van der Waals surface area contributed by atoms with Crippen molar-refractivity contribution in [1.29, 1.82) is 0 Å². The average molecular weight is 306 g/mol. The van der Waals surface area contributed by atoms with Gasteiger partial charge in [-0.15, -0.1) is 0 Å². The van der Waals surface area contributed by atoms with Gasteiger partial charge in [-0.1, -0.05) is 64.0 Å². The molecule has 1 saturated carbocycles. The third-order valence-corrected chi connectivity index (χ3v) is 4.53. The van der Waals surface area contributed by atoms with E-state index in [4.69, 9.17) is 10.8 Å². The van der Waals surface area contributed by atoms with Crippen molar-refractivity contribution in [2.45, 2.75) is 77.6 Å². The first-order chi connectivity index (χ1) is 10.8. The summed E-state index contributed by atoms with van der Waals surface area (Å²) in [6, 6.07) is 8.27. The summed E-state index contributed by atoms with van der Waals surface area (Å²) in [5.74, 6) is 0.653. The number of hydrogen-bond donors (Lipinski definition) is 2. The fourth-order valence-electron chi connectivity index (χ4n) is 2.99. The van der Waals surface area contributed by atoms with Gasteiger partial charge in [-0.3, -0.25) is 0 Å². The molecule has 0 radical (unpaired) electrons. The van der Waals surface area contributed by atoms with Crippen molar-refractivity contribution in [1.82, 2.24) is 0 Å². The van der Waals surface area contributed by atoms with Crippen LogP contribution in [0.2, 0.25) is 0 Å². The topological polar surface area (TPSA) is 46.2 Å². The molecule has 1 aliphatic rings. The molecular formula is C20H35NO. The van der Waals surface area contributed by atoms with E-state index in [0.29, 0.717) is 12.5 Å². The Morgan fingerprint density at radius 2 is 1.55 bits per heavy atom. The molecule has 2 nitrogen and oxygen atoms in total. The van der Waals surface area contributed by atoms with Gasteiger partial charge in [-0.05, 0) is 49.3 Å². The second-order valence-electron chi connectivity index (χ2n) is 6.59. The first-order valence-corrected chi connectivity index (χ1v) is 9.21. The van der Waals surface area contributed by atoms with Crippen molar-refractivity contribution in [2.75, 3.05) is 12.3 Å². The molecule has 0 aromatic heterocycles. The molecule has 0 spiro atoms. The minimum Gasteiger partial charge on any atom is -0.399 e. The number of aliphatic hydroxyl groups excluding tert-OH is 1. The summed E-state index contributed by atoms with van der Waals surface area (Å²) < 4.78 is 0. The van der Waals surface area contributed by atoms with Gasteiger partial charge in [-0.2, -0.15) is 0 Å². The van der Waals surface area contributed by atoms with E-state index in [1.54, 1.807) is 0 Å². The van der Waals surface area contributed by atoms with Gasteiger partial charge >= 0.3 is 0 Å². The summed E-state index contributed by atoms with van der Waals surface area (Å²) in [6.45, 7) is 2.67. The summed E-state index contributed by atoms with van der Waals surface area (Å²) in [7, 11) is 0. The maximum atomic E-state index is 8.57. The Morgan fingerprint density at radius 1 is 0.955 bits per heavy atom. The molecule has 0 unspecified atom stereocenters. The summed E-state index contributed by atoms with van der Waals surface area (Å²) in [4.78, 5) is 0. The van der Waals surface area contributed by atoms with E-state index in [-0.39, 0.29) is 0 Å². The summed E-state index contributed by atoms with van der Waals surface area (Å²) in [5.41, 5.74) is 7.92. The van der Waals surface area contributed by atoms with Crippen LogP contribution in [-0.2, 0) is 6.42 Å². The number of nitrogens with two attached hydrogens (primary N) is 1. The van der Waals surface area contributed by atoms with Crippen LogP contribution < -0.4 is 5.73 Å². The van der Waals surface area contributed by atoms with Crippen LogP contribution in [0, 0.1) is 5.92 Å². The Kier molecular flexibility index (Phi) is 10.8. The highest BCUT2D eigenvalue weighted by Gasteiger charge is 2.12. The smallest absolute Gasteiger partial charge is 0.0459 e. The van der Waals surface area contributed by atoms with Crippen LogP contribution in [-0.4, -0.2) is 11.7 Å². The van der Waals surface area contributed by atoms with Crippen molar-refractivity contribution in [3.05, 3.63) is 29.8 Å². The molecule has 3 N–H and O–H groups in total. The number of rotatable bonds is 8. The molecule has 0 amide bonds. The van der Waals surface area contributed by atoms with Crippen molar-refractivity contribution in [3.63, 3.8) is 0 Å². The first-order valence-electron chi connectivity index (χ1n) is 9.21. The Morgan fingerprint density at radius 3 is 2.09 bits per heavy atom. The van der Waals surface area contributed by atoms with E-state index in [2.05, 4.69) is 19.1 Å². The van der Waals surface area contributed by atoms with Crippen LogP contribution in [0.1, 0.15) is 76.7 Å². The Bertz CT molecular complexity index is 354. The zero-order valence-electron chi connectivity index (χ0n) is 14.4. The number of nitrogen functional groups attached to an aromatic ring is 1. The molecule has 1 aromatic carbocycles. The van der Waals surface area contributed by atoms with Crippen LogP contribution in [0.15, 0.2) is 24.3 Å². The highest BCUT2D eigenvalue weighted by molar-refractivity contribution is 5.39. The number of hydrogen-bond acceptors (Lipinski definition) is 2. The van der Waals surface area contributed by atoms with Gasteiger partial charge in [0.05, 0.1) is 0 Å². The van der Waals surface area contributed by atoms with E-state index < -0.39 is 0 Å². The third-order valence-electron chi connectivity index (χ3n) is 4.53. The van der Waals surface area contributed by atoms with E-state index in [1.165, 1.54) is 76.2 Å². The Labute approximate surface area is 137 Å². The lowest BCUT2D eigenvalue weighted by Crippen LogP contribution is -1.97. The van der Waals surface area contributed by atoms with Crippen LogP contribution in [0.4, 0.5) is 5.69 Å². The van der Waals surface area contributed by atoms with Gasteiger partial charge in [0.2, 0.25) is 0 Å². The molecule has 0 bridgehead atoms. The predicted octanol–water partition coefficient (Wildman–Crippen LogP) is 5.34. The lowest BCUT2D eigenvalue weighted by molar-refractivity contribution is 0.230. The second-order valence-corrected chi connectivity index (χ2v) is 6.59. The fourth-order valence-corrected chi connectivity index (χ4v) is 2.99. The largest absolute Gasteiger partial charge is 0.399 e. The molecule has 22 heavy (non-hydrogen) atoms. The van der Waals surface area contributed by atoms with Crippen molar-refractivity contribution >= 4 is 5.69 Å². The quantitative estimate of drug-likeness (QED) is 0.503. The van der Waals surface area contributed by atoms with Crippen molar-refractivity contribution in [2.24, 2.45) is 5.92 Å². The Balaban J connectivity index is 0.000000287. The zero-order chi connectivity index (χ0) is 16.0. The minimum atomic E-state index is 0.417. The second kappa shape index (κ2) is 12.5. The monoisotopic (exact) mass is 305 g/mol. The number of aliphatic hydroxyl groups is 1. The lowest BCUT2D eigenvalue weighted by atomic mass is 10.0. The molecule has 0 heterocycles.